The molecule has 1 atom stereocenters. The summed E-state index contributed by atoms with van der Waals surface area (Å²) < 4.78 is 3.65. The van der Waals surface area contributed by atoms with Crippen molar-refractivity contribution >= 4 is 27.0 Å². The summed E-state index contributed by atoms with van der Waals surface area (Å²) in [6.45, 7) is 13.4. The molecule has 0 saturated heterocycles. The first-order valence-corrected chi connectivity index (χ1v) is 13.3. The summed E-state index contributed by atoms with van der Waals surface area (Å²) in [5, 5.41) is 11.8. The van der Waals surface area contributed by atoms with Crippen LogP contribution in [0.4, 0.5) is 0 Å². The molecule has 1 aliphatic rings. The lowest BCUT2D eigenvalue weighted by Gasteiger charge is -2.22. The molecule has 3 aromatic heterocycles. The third-order valence-electron chi connectivity index (χ3n) is 6.71. The molecule has 4 nitrogen and oxygen atoms in total. The van der Waals surface area contributed by atoms with Crippen molar-refractivity contribution in [3.05, 3.63) is 66.4 Å². The first kappa shape index (κ1) is 24.6. The smallest absolute Gasteiger partial charge is 0.106 e. The third kappa shape index (κ3) is 5.59. The molecule has 0 amide bonds. The molecule has 0 aromatic carbocycles. The predicted molar refractivity (Wildman–Crippen MR) is 145 cm³/mol. The summed E-state index contributed by atoms with van der Waals surface area (Å²) in [5.41, 5.74) is 4.07. The van der Waals surface area contributed by atoms with Crippen molar-refractivity contribution in [2.24, 2.45) is 5.92 Å². The number of nitrogens with zero attached hydrogens (tertiary/aromatic N) is 3. The van der Waals surface area contributed by atoms with Crippen molar-refractivity contribution < 1.29 is 5.11 Å². The molecule has 1 saturated carbocycles. The van der Waals surface area contributed by atoms with Crippen LogP contribution >= 0.6 is 11.3 Å². The summed E-state index contributed by atoms with van der Waals surface area (Å²) >= 11 is 1.81. The SMILES string of the molecule is C=C(C)/C=C\C=C(/CC)c1nc(C)n(CC(CCC)CC2(O)CC2)c1-c1cc2cnccc2s1. The maximum Gasteiger partial charge on any atom is 0.106 e. The van der Waals surface area contributed by atoms with Gasteiger partial charge in [-0.05, 0) is 69.6 Å². The zero-order valence-corrected chi connectivity index (χ0v) is 21.8. The fraction of sp³-hybridized carbons (Fsp3) is 0.448. The molecule has 0 spiro atoms. The quantitative estimate of drug-likeness (QED) is 0.289. The number of rotatable bonds is 11. The van der Waals surface area contributed by atoms with Gasteiger partial charge < -0.3 is 9.67 Å². The molecule has 3 heterocycles. The minimum atomic E-state index is -0.442. The van der Waals surface area contributed by atoms with Gasteiger partial charge in [-0.15, -0.1) is 11.3 Å². The number of pyridine rings is 1. The molecule has 3 aromatic rings. The molecule has 1 aliphatic carbocycles. The van der Waals surface area contributed by atoms with Crippen molar-refractivity contribution in [3.8, 4) is 10.6 Å². The summed E-state index contributed by atoms with van der Waals surface area (Å²) in [6.07, 6.45) is 16.0. The lowest BCUT2D eigenvalue weighted by Crippen LogP contribution is -2.20. The van der Waals surface area contributed by atoms with Crippen LogP contribution in [-0.4, -0.2) is 25.2 Å². The largest absolute Gasteiger partial charge is 0.390 e. The van der Waals surface area contributed by atoms with Crippen molar-refractivity contribution in [2.75, 3.05) is 0 Å². The van der Waals surface area contributed by atoms with Crippen molar-refractivity contribution in [3.63, 3.8) is 0 Å². The number of thiophene rings is 1. The molecule has 1 unspecified atom stereocenters. The lowest BCUT2D eigenvalue weighted by atomic mass is 9.94. The Morgan fingerprint density at radius 3 is 2.79 bits per heavy atom. The van der Waals surface area contributed by atoms with Gasteiger partial charge in [-0.1, -0.05) is 50.6 Å². The highest BCUT2D eigenvalue weighted by Crippen LogP contribution is 2.43. The zero-order valence-electron chi connectivity index (χ0n) is 21.0. The minimum Gasteiger partial charge on any atom is -0.390 e. The van der Waals surface area contributed by atoms with E-state index in [1.807, 2.05) is 25.4 Å². The van der Waals surface area contributed by atoms with Gasteiger partial charge in [0.05, 0.1) is 21.9 Å². The second-order valence-electron chi connectivity index (χ2n) is 9.83. The van der Waals surface area contributed by atoms with Gasteiger partial charge in [0.15, 0.2) is 0 Å². The van der Waals surface area contributed by atoms with Crippen LogP contribution in [0, 0.1) is 12.8 Å². The van der Waals surface area contributed by atoms with E-state index in [1.54, 1.807) is 11.3 Å². The molecule has 34 heavy (non-hydrogen) atoms. The fourth-order valence-corrected chi connectivity index (χ4v) is 5.85. The Hall–Kier alpha value is -2.50. The monoisotopic (exact) mass is 475 g/mol. The van der Waals surface area contributed by atoms with Crippen molar-refractivity contribution in [1.29, 1.82) is 0 Å². The first-order chi connectivity index (χ1) is 16.3. The molecule has 0 radical (unpaired) electrons. The number of fused-ring (bicyclic) bond motifs is 1. The van der Waals surface area contributed by atoms with E-state index in [9.17, 15) is 5.11 Å². The van der Waals surface area contributed by atoms with E-state index in [0.29, 0.717) is 5.92 Å². The second-order valence-corrected chi connectivity index (χ2v) is 10.9. The first-order valence-electron chi connectivity index (χ1n) is 12.5. The number of hydrogen-bond acceptors (Lipinski definition) is 4. The van der Waals surface area contributed by atoms with Crippen LogP contribution in [0.1, 0.15) is 70.8 Å². The maximum absolute atomic E-state index is 10.7. The molecule has 0 aliphatic heterocycles. The normalized spacial score (nSPS) is 16.4. The van der Waals surface area contributed by atoms with Crippen LogP contribution in [-0.2, 0) is 6.54 Å². The number of aliphatic hydroxyl groups is 1. The van der Waals surface area contributed by atoms with E-state index >= 15 is 0 Å². The van der Waals surface area contributed by atoms with Crippen LogP contribution in [0.25, 0.3) is 26.2 Å². The highest BCUT2D eigenvalue weighted by Gasteiger charge is 2.42. The van der Waals surface area contributed by atoms with E-state index in [1.165, 1.54) is 26.2 Å². The number of allylic oxidation sites excluding steroid dienone is 5. The summed E-state index contributed by atoms with van der Waals surface area (Å²) in [7, 11) is 0. The van der Waals surface area contributed by atoms with Gasteiger partial charge >= 0.3 is 0 Å². The highest BCUT2D eigenvalue weighted by atomic mass is 32.1. The molecule has 4 rings (SSSR count). The minimum absolute atomic E-state index is 0.436. The number of aromatic nitrogens is 3. The van der Waals surface area contributed by atoms with E-state index in [4.69, 9.17) is 4.98 Å². The average molecular weight is 476 g/mol. The van der Waals surface area contributed by atoms with Gasteiger partial charge in [-0.2, -0.15) is 0 Å². The van der Waals surface area contributed by atoms with Crippen molar-refractivity contribution in [2.45, 2.75) is 78.4 Å². The Labute approximate surface area is 207 Å². The average Bonchev–Trinajstić information content (AvgIpc) is 3.23. The second kappa shape index (κ2) is 10.4. The standard InChI is InChI=1S/C29H37N3OS/c1-6-9-22(17-29(33)13-14-29)19-32-21(5)31-27(23(7-2)11-8-10-20(3)4)28(32)26-16-24-18-30-15-12-25(24)34-26/h8,10-12,15-16,18,22,33H,3,6-7,9,13-14,17,19H2,1-2,4-5H3/b10-8-,23-11+. The van der Waals surface area contributed by atoms with Gasteiger partial charge in [0.25, 0.3) is 0 Å². The topological polar surface area (TPSA) is 50.9 Å². The van der Waals surface area contributed by atoms with Crippen LogP contribution in [0.2, 0.25) is 0 Å². The Balaban J connectivity index is 1.82. The molecule has 1 fully saturated rings. The number of hydrogen-bond donors (Lipinski definition) is 1. The summed E-state index contributed by atoms with van der Waals surface area (Å²) in [4.78, 5) is 10.7. The lowest BCUT2D eigenvalue weighted by molar-refractivity contribution is 0.110. The van der Waals surface area contributed by atoms with E-state index < -0.39 is 5.60 Å². The summed E-state index contributed by atoms with van der Waals surface area (Å²) in [6, 6.07) is 4.34. The van der Waals surface area contributed by atoms with Gasteiger partial charge in [-0.3, -0.25) is 4.98 Å². The number of imidazole rings is 1. The van der Waals surface area contributed by atoms with Gasteiger partial charge in [0.1, 0.15) is 5.82 Å². The third-order valence-corrected chi connectivity index (χ3v) is 7.83. The molecular weight excluding hydrogens is 438 g/mol. The van der Waals surface area contributed by atoms with E-state index in [-0.39, 0.29) is 0 Å². The van der Waals surface area contributed by atoms with E-state index in [2.05, 4.69) is 61.2 Å². The highest BCUT2D eigenvalue weighted by molar-refractivity contribution is 7.22. The van der Waals surface area contributed by atoms with Crippen LogP contribution in [0.15, 0.2) is 54.9 Å². The number of aryl methyl sites for hydroxylation is 1. The predicted octanol–water partition coefficient (Wildman–Crippen LogP) is 7.73. The van der Waals surface area contributed by atoms with Gasteiger partial charge in [0, 0.05) is 29.0 Å². The zero-order chi connectivity index (χ0) is 24.3. The fourth-order valence-electron chi connectivity index (χ4n) is 4.77. The molecular formula is C29H37N3OS. The molecule has 1 N–H and O–H groups in total. The van der Waals surface area contributed by atoms with Gasteiger partial charge in [-0.25, -0.2) is 4.98 Å². The molecule has 0 bridgehead atoms. The molecule has 180 valence electrons. The van der Waals surface area contributed by atoms with Crippen LogP contribution in [0.5, 0.6) is 0 Å². The molecule has 5 heteroatoms. The Morgan fingerprint density at radius 1 is 1.35 bits per heavy atom. The summed E-state index contributed by atoms with van der Waals surface area (Å²) in [5.74, 6) is 1.47. The van der Waals surface area contributed by atoms with Crippen molar-refractivity contribution in [1.82, 2.24) is 14.5 Å². The Kier molecular flexibility index (Phi) is 7.54. The van der Waals surface area contributed by atoms with E-state index in [0.717, 1.165) is 62.2 Å². The maximum atomic E-state index is 10.7. The Morgan fingerprint density at radius 2 is 2.15 bits per heavy atom. The Bertz CT molecular complexity index is 1190. The van der Waals surface area contributed by atoms with Crippen LogP contribution < -0.4 is 0 Å². The van der Waals surface area contributed by atoms with Crippen LogP contribution in [0.3, 0.4) is 0 Å². The van der Waals surface area contributed by atoms with Gasteiger partial charge in [0.2, 0.25) is 0 Å².